The molecule has 3 aromatic rings. The third-order valence-electron chi connectivity index (χ3n) is 4.58. The van der Waals surface area contributed by atoms with Crippen molar-refractivity contribution in [3.63, 3.8) is 0 Å². The summed E-state index contributed by atoms with van der Waals surface area (Å²) >= 11 is 1.48. The Kier molecular flexibility index (Phi) is 6.41. The first-order chi connectivity index (χ1) is 14.4. The minimum atomic E-state index is -0.670. The van der Waals surface area contributed by atoms with Crippen LogP contribution in [-0.2, 0) is 4.74 Å². The Balaban J connectivity index is 1.77. The number of nitrogens with zero attached hydrogens (tertiary/aromatic N) is 2. The highest BCUT2D eigenvalue weighted by atomic mass is 32.1. The van der Waals surface area contributed by atoms with E-state index in [2.05, 4.69) is 4.98 Å². The zero-order valence-electron chi connectivity index (χ0n) is 17.3. The molecule has 158 valence electrons. The Bertz CT molecular complexity index is 1050. The predicted molar refractivity (Wildman–Crippen MR) is 112 cm³/mol. The van der Waals surface area contributed by atoms with Gasteiger partial charge in [0.2, 0.25) is 11.5 Å². The van der Waals surface area contributed by atoms with Gasteiger partial charge >= 0.3 is 5.97 Å². The number of rotatable bonds is 8. The summed E-state index contributed by atoms with van der Waals surface area (Å²) in [6.07, 6.45) is 1.71. The van der Waals surface area contributed by atoms with Crippen LogP contribution in [-0.4, -0.2) is 49.2 Å². The SMILES string of the molecule is COc1cc(C(=O)OCC(=O)c2cc(C)n(-c3nccs3)c2C)cc(OC)c1OC. The molecule has 0 atom stereocenters. The molecule has 2 heterocycles. The van der Waals surface area contributed by atoms with Gasteiger partial charge in [-0.25, -0.2) is 9.78 Å². The van der Waals surface area contributed by atoms with Gasteiger partial charge < -0.3 is 18.9 Å². The van der Waals surface area contributed by atoms with Crippen LogP contribution >= 0.6 is 11.3 Å². The molecule has 30 heavy (non-hydrogen) atoms. The third-order valence-corrected chi connectivity index (χ3v) is 5.33. The number of aromatic nitrogens is 2. The molecule has 3 rings (SSSR count). The molecule has 0 radical (unpaired) electrons. The average molecular weight is 430 g/mol. The number of hydrogen-bond acceptors (Lipinski definition) is 8. The lowest BCUT2D eigenvalue weighted by molar-refractivity contribution is 0.0474. The highest BCUT2D eigenvalue weighted by molar-refractivity contribution is 7.12. The number of ether oxygens (including phenoxy) is 4. The molecule has 0 aliphatic rings. The van der Waals surface area contributed by atoms with Crippen molar-refractivity contribution in [1.82, 2.24) is 9.55 Å². The van der Waals surface area contributed by atoms with E-state index in [4.69, 9.17) is 18.9 Å². The summed E-state index contributed by atoms with van der Waals surface area (Å²) in [5.41, 5.74) is 2.30. The van der Waals surface area contributed by atoms with Gasteiger partial charge in [-0.2, -0.15) is 0 Å². The van der Waals surface area contributed by atoms with Crippen LogP contribution in [0.3, 0.4) is 0 Å². The molecule has 0 amide bonds. The zero-order valence-corrected chi connectivity index (χ0v) is 18.2. The highest BCUT2D eigenvalue weighted by Gasteiger charge is 2.21. The molecule has 0 fully saturated rings. The first kappa shape index (κ1) is 21.4. The van der Waals surface area contributed by atoms with Crippen molar-refractivity contribution in [2.24, 2.45) is 0 Å². The van der Waals surface area contributed by atoms with E-state index in [0.717, 1.165) is 16.5 Å². The zero-order chi connectivity index (χ0) is 21.8. The number of esters is 1. The van der Waals surface area contributed by atoms with Crippen LogP contribution in [0.1, 0.15) is 32.1 Å². The van der Waals surface area contributed by atoms with Crippen LogP contribution in [0.5, 0.6) is 17.2 Å². The van der Waals surface area contributed by atoms with Crippen molar-refractivity contribution in [3.05, 3.63) is 52.3 Å². The van der Waals surface area contributed by atoms with E-state index in [0.29, 0.717) is 22.8 Å². The standard InChI is InChI=1S/C21H22N2O6S/c1-12-8-15(13(2)23(12)21-22-6-7-30-21)16(24)11-29-20(25)14-9-17(26-3)19(28-5)18(10-14)27-4/h6-10H,11H2,1-5H3. The number of thiazole rings is 1. The molecule has 0 aliphatic carbocycles. The Morgan fingerprint density at radius 2 is 1.70 bits per heavy atom. The van der Waals surface area contributed by atoms with Crippen LogP contribution in [0, 0.1) is 13.8 Å². The van der Waals surface area contributed by atoms with Gasteiger partial charge in [0.15, 0.2) is 23.2 Å². The Morgan fingerprint density at radius 1 is 1.03 bits per heavy atom. The van der Waals surface area contributed by atoms with Crippen LogP contribution in [0.2, 0.25) is 0 Å². The summed E-state index contributed by atoms with van der Waals surface area (Å²) in [7, 11) is 4.38. The molecular weight excluding hydrogens is 408 g/mol. The average Bonchev–Trinajstić information content (AvgIpc) is 3.37. The maximum atomic E-state index is 12.7. The van der Waals surface area contributed by atoms with Crippen LogP contribution < -0.4 is 14.2 Å². The van der Waals surface area contributed by atoms with Crippen LogP contribution in [0.4, 0.5) is 0 Å². The lowest BCUT2D eigenvalue weighted by Gasteiger charge is -2.13. The van der Waals surface area contributed by atoms with Gasteiger partial charge in [-0.1, -0.05) is 0 Å². The van der Waals surface area contributed by atoms with Gasteiger partial charge in [0.1, 0.15) is 0 Å². The summed E-state index contributed by atoms with van der Waals surface area (Å²) in [5.74, 6) is 0.0366. The van der Waals surface area contributed by atoms with Gasteiger partial charge in [-0.05, 0) is 32.0 Å². The number of hydrogen-bond donors (Lipinski definition) is 0. The number of ketones is 1. The maximum absolute atomic E-state index is 12.7. The molecule has 0 spiro atoms. The number of Topliss-reactive ketones (excluding diaryl/α,β-unsaturated/α-hetero) is 1. The summed E-state index contributed by atoms with van der Waals surface area (Å²) in [4.78, 5) is 29.5. The first-order valence-electron chi connectivity index (χ1n) is 9.00. The van der Waals surface area contributed by atoms with Crippen molar-refractivity contribution in [1.29, 1.82) is 0 Å². The smallest absolute Gasteiger partial charge is 0.338 e. The second kappa shape index (κ2) is 9.00. The highest BCUT2D eigenvalue weighted by Crippen LogP contribution is 2.38. The molecule has 0 bridgehead atoms. The molecule has 1 aromatic carbocycles. The molecule has 0 saturated heterocycles. The number of carbonyl (C=O) groups is 2. The second-order valence-corrected chi connectivity index (χ2v) is 7.22. The molecule has 0 aliphatic heterocycles. The molecule has 9 heteroatoms. The fourth-order valence-corrected chi connectivity index (χ4v) is 3.91. The van der Waals surface area contributed by atoms with Gasteiger partial charge in [-0.15, -0.1) is 11.3 Å². The fraction of sp³-hybridized carbons (Fsp3) is 0.286. The summed E-state index contributed by atoms with van der Waals surface area (Å²) < 4.78 is 22.9. The lowest BCUT2D eigenvalue weighted by Crippen LogP contribution is -2.15. The Hall–Kier alpha value is -3.33. The van der Waals surface area contributed by atoms with E-state index in [9.17, 15) is 9.59 Å². The van der Waals surface area contributed by atoms with E-state index in [1.54, 1.807) is 12.3 Å². The van der Waals surface area contributed by atoms with E-state index in [1.807, 2.05) is 23.8 Å². The lowest BCUT2D eigenvalue weighted by atomic mass is 10.1. The first-order valence-corrected chi connectivity index (χ1v) is 9.88. The van der Waals surface area contributed by atoms with Crippen molar-refractivity contribution < 1.29 is 28.5 Å². The van der Waals surface area contributed by atoms with Crippen LogP contribution in [0.15, 0.2) is 29.8 Å². The number of aryl methyl sites for hydroxylation is 1. The topological polar surface area (TPSA) is 88.9 Å². The van der Waals surface area contributed by atoms with E-state index >= 15 is 0 Å². The Morgan fingerprint density at radius 3 is 2.23 bits per heavy atom. The predicted octanol–water partition coefficient (Wildman–Crippen LogP) is 3.62. The van der Waals surface area contributed by atoms with Gasteiger partial charge in [0.25, 0.3) is 0 Å². The largest absolute Gasteiger partial charge is 0.493 e. The quantitative estimate of drug-likeness (QED) is 0.398. The number of methoxy groups -OCH3 is 3. The molecular formula is C21H22N2O6S. The molecule has 0 unspecified atom stereocenters. The Labute approximate surface area is 178 Å². The fourth-order valence-electron chi connectivity index (χ4n) is 3.16. The molecule has 0 saturated carbocycles. The summed E-state index contributed by atoms with van der Waals surface area (Å²) in [5, 5.41) is 2.65. The van der Waals surface area contributed by atoms with E-state index in [-0.39, 0.29) is 11.3 Å². The summed E-state index contributed by atoms with van der Waals surface area (Å²) in [6, 6.07) is 4.72. The van der Waals surface area contributed by atoms with E-state index in [1.165, 1.54) is 44.8 Å². The van der Waals surface area contributed by atoms with E-state index < -0.39 is 12.6 Å². The molecule has 2 aromatic heterocycles. The molecule has 8 nitrogen and oxygen atoms in total. The number of benzene rings is 1. The minimum Gasteiger partial charge on any atom is -0.493 e. The maximum Gasteiger partial charge on any atom is 0.338 e. The monoisotopic (exact) mass is 430 g/mol. The van der Waals surface area contributed by atoms with Crippen molar-refractivity contribution >= 4 is 23.1 Å². The van der Waals surface area contributed by atoms with Gasteiger partial charge in [0.05, 0.1) is 26.9 Å². The normalized spacial score (nSPS) is 10.6. The van der Waals surface area contributed by atoms with Crippen molar-refractivity contribution in [3.8, 4) is 22.4 Å². The second-order valence-electron chi connectivity index (χ2n) is 6.35. The van der Waals surface area contributed by atoms with Crippen molar-refractivity contribution in [2.45, 2.75) is 13.8 Å². The van der Waals surface area contributed by atoms with Gasteiger partial charge in [-0.3, -0.25) is 9.36 Å². The molecule has 0 N–H and O–H groups in total. The van der Waals surface area contributed by atoms with Gasteiger partial charge in [0, 0.05) is 28.5 Å². The minimum absolute atomic E-state index is 0.186. The third kappa shape index (κ3) is 4.02. The number of carbonyl (C=O) groups excluding carboxylic acids is 2. The van der Waals surface area contributed by atoms with Crippen LogP contribution in [0.25, 0.3) is 5.13 Å². The summed E-state index contributed by atoms with van der Waals surface area (Å²) in [6.45, 7) is 3.34. The van der Waals surface area contributed by atoms with Crippen molar-refractivity contribution in [2.75, 3.05) is 27.9 Å².